The van der Waals surface area contributed by atoms with E-state index >= 15 is 0 Å². The fraction of sp³-hybridized carbons (Fsp3) is 0.316. The monoisotopic (exact) mass is 360 g/mol. The van der Waals surface area contributed by atoms with Gasteiger partial charge in [0.1, 0.15) is 0 Å². The molecule has 1 N–H and O–H groups in total. The first-order valence-corrected chi connectivity index (χ1v) is 9.52. The lowest BCUT2D eigenvalue weighted by Crippen LogP contribution is -2.23. The molecule has 0 heterocycles. The van der Waals surface area contributed by atoms with Crippen molar-refractivity contribution in [2.24, 2.45) is 0 Å². The number of rotatable bonds is 5. The lowest BCUT2D eigenvalue weighted by molar-refractivity contribution is 0.102. The molecular formula is C19H24N2O3S. The molecule has 0 atom stereocenters. The van der Waals surface area contributed by atoms with Crippen LogP contribution in [0, 0.1) is 6.92 Å². The molecule has 25 heavy (non-hydrogen) atoms. The van der Waals surface area contributed by atoms with Crippen LogP contribution in [-0.2, 0) is 10.0 Å². The van der Waals surface area contributed by atoms with Crippen LogP contribution in [-0.4, -0.2) is 32.7 Å². The van der Waals surface area contributed by atoms with Gasteiger partial charge >= 0.3 is 0 Å². The van der Waals surface area contributed by atoms with E-state index in [0.29, 0.717) is 11.1 Å². The Kier molecular flexibility index (Phi) is 5.65. The van der Waals surface area contributed by atoms with Crippen molar-refractivity contribution in [3.05, 3.63) is 59.2 Å². The van der Waals surface area contributed by atoms with E-state index < -0.39 is 10.0 Å². The Morgan fingerprint density at radius 1 is 1.08 bits per heavy atom. The number of anilines is 1. The number of nitrogens with zero attached hydrogens (tertiary/aromatic N) is 1. The second kappa shape index (κ2) is 7.37. The van der Waals surface area contributed by atoms with E-state index in [2.05, 4.69) is 19.2 Å². The van der Waals surface area contributed by atoms with Crippen LogP contribution in [0.4, 0.5) is 5.69 Å². The number of carbonyl (C=O) groups is 1. The molecule has 0 aliphatic heterocycles. The molecule has 0 unspecified atom stereocenters. The summed E-state index contributed by atoms with van der Waals surface area (Å²) < 4.78 is 26.0. The minimum Gasteiger partial charge on any atom is -0.322 e. The van der Waals surface area contributed by atoms with Gasteiger partial charge in [-0.05, 0) is 42.2 Å². The molecule has 0 spiro atoms. The lowest BCUT2D eigenvalue weighted by Gasteiger charge is -2.16. The third-order valence-electron chi connectivity index (χ3n) is 4.04. The first-order chi connectivity index (χ1) is 11.6. The molecule has 0 saturated carbocycles. The van der Waals surface area contributed by atoms with Gasteiger partial charge in [0.05, 0.1) is 4.90 Å². The molecule has 2 aromatic carbocycles. The SMILES string of the molecule is Cc1ccc(C(=O)Nc2ccccc2C(C)C)cc1S(=O)(=O)N(C)C. The normalized spacial score (nSPS) is 11.8. The molecule has 2 aromatic rings. The number of benzene rings is 2. The van der Waals surface area contributed by atoms with Crippen molar-refractivity contribution in [3.8, 4) is 0 Å². The molecular weight excluding hydrogens is 336 g/mol. The van der Waals surface area contributed by atoms with Crippen LogP contribution in [0.15, 0.2) is 47.4 Å². The number of amides is 1. The van der Waals surface area contributed by atoms with E-state index in [0.717, 1.165) is 15.6 Å². The van der Waals surface area contributed by atoms with Crippen LogP contribution >= 0.6 is 0 Å². The van der Waals surface area contributed by atoms with Gasteiger partial charge < -0.3 is 5.32 Å². The van der Waals surface area contributed by atoms with Gasteiger partial charge in [-0.25, -0.2) is 12.7 Å². The summed E-state index contributed by atoms with van der Waals surface area (Å²) in [6.45, 7) is 5.82. The van der Waals surface area contributed by atoms with Gasteiger partial charge in [0, 0.05) is 25.3 Å². The van der Waals surface area contributed by atoms with E-state index in [9.17, 15) is 13.2 Å². The molecule has 0 aliphatic carbocycles. The molecule has 0 radical (unpaired) electrons. The number of carbonyl (C=O) groups excluding carboxylic acids is 1. The predicted molar refractivity (Wildman–Crippen MR) is 101 cm³/mol. The number of para-hydroxylation sites is 1. The maximum absolute atomic E-state index is 12.6. The molecule has 0 aromatic heterocycles. The molecule has 0 aliphatic rings. The Bertz CT molecular complexity index is 887. The molecule has 1 amide bonds. The summed E-state index contributed by atoms with van der Waals surface area (Å²) >= 11 is 0. The first-order valence-electron chi connectivity index (χ1n) is 8.08. The van der Waals surface area contributed by atoms with Gasteiger partial charge in [-0.1, -0.05) is 38.1 Å². The standard InChI is InChI=1S/C19H24N2O3S/c1-13(2)16-8-6-7-9-17(16)20-19(22)15-11-10-14(3)18(12-15)25(23,24)21(4)5/h6-13H,1-5H3,(H,20,22). The fourth-order valence-electron chi connectivity index (χ4n) is 2.52. The summed E-state index contributed by atoms with van der Waals surface area (Å²) in [7, 11) is -0.659. The summed E-state index contributed by atoms with van der Waals surface area (Å²) in [5, 5.41) is 2.89. The second-order valence-corrected chi connectivity index (χ2v) is 8.58. The third-order valence-corrected chi connectivity index (χ3v) is 6.00. The van der Waals surface area contributed by atoms with Crippen LogP contribution in [0.3, 0.4) is 0 Å². The Hall–Kier alpha value is -2.18. The Morgan fingerprint density at radius 2 is 1.72 bits per heavy atom. The third kappa shape index (κ3) is 4.08. The summed E-state index contributed by atoms with van der Waals surface area (Å²) in [5.74, 6) is -0.0671. The van der Waals surface area contributed by atoms with Crippen molar-refractivity contribution in [3.63, 3.8) is 0 Å². The highest BCUT2D eigenvalue weighted by molar-refractivity contribution is 7.89. The molecule has 0 bridgehead atoms. The number of aryl methyl sites for hydroxylation is 1. The van der Waals surface area contributed by atoms with E-state index in [1.807, 2.05) is 24.3 Å². The van der Waals surface area contributed by atoms with Gasteiger partial charge in [-0.2, -0.15) is 0 Å². The van der Waals surface area contributed by atoms with Crippen LogP contribution < -0.4 is 5.32 Å². The highest BCUT2D eigenvalue weighted by Gasteiger charge is 2.21. The van der Waals surface area contributed by atoms with Crippen molar-refractivity contribution in [2.75, 3.05) is 19.4 Å². The van der Waals surface area contributed by atoms with Gasteiger partial charge in [0.2, 0.25) is 10.0 Å². The van der Waals surface area contributed by atoms with Crippen LogP contribution in [0.1, 0.15) is 41.3 Å². The summed E-state index contributed by atoms with van der Waals surface area (Å²) in [6.07, 6.45) is 0. The minimum absolute atomic E-state index is 0.141. The molecule has 0 fully saturated rings. The predicted octanol–water partition coefficient (Wildman–Crippen LogP) is 3.62. The Morgan fingerprint density at radius 3 is 2.32 bits per heavy atom. The fourth-order valence-corrected chi connectivity index (χ4v) is 3.67. The van der Waals surface area contributed by atoms with Gasteiger partial charge in [0.15, 0.2) is 0 Å². The molecule has 6 heteroatoms. The number of hydrogen-bond acceptors (Lipinski definition) is 3. The zero-order valence-electron chi connectivity index (χ0n) is 15.2. The summed E-state index contributed by atoms with van der Waals surface area (Å²) in [4.78, 5) is 12.8. The van der Waals surface area contributed by atoms with Gasteiger partial charge in [0.25, 0.3) is 5.91 Å². The highest BCUT2D eigenvalue weighted by atomic mass is 32.2. The Labute approximate surface area is 149 Å². The quantitative estimate of drug-likeness (QED) is 0.885. The molecule has 134 valence electrons. The second-order valence-electron chi connectivity index (χ2n) is 6.46. The van der Waals surface area contributed by atoms with Crippen molar-refractivity contribution in [1.29, 1.82) is 0 Å². The topological polar surface area (TPSA) is 66.5 Å². The molecule has 0 saturated heterocycles. The zero-order valence-corrected chi connectivity index (χ0v) is 16.0. The van der Waals surface area contributed by atoms with Crippen LogP contribution in [0.25, 0.3) is 0 Å². The molecule has 5 nitrogen and oxygen atoms in total. The smallest absolute Gasteiger partial charge is 0.255 e. The van der Waals surface area contributed by atoms with Gasteiger partial charge in [-0.15, -0.1) is 0 Å². The maximum atomic E-state index is 12.6. The van der Waals surface area contributed by atoms with E-state index in [1.54, 1.807) is 19.1 Å². The van der Waals surface area contributed by atoms with E-state index in [-0.39, 0.29) is 16.7 Å². The highest BCUT2D eigenvalue weighted by Crippen LogP contribution is 2.25. The average molecular weight is 360 g/mol. The number of hydrogen-bond donors (Lipinski definition) is 1. The lowest BCUT2D eigenvalue weighted by atomic mass is 10.0. The van der Waals surface area contributed by atoms with Gasteiger partial charge in [-0.3, -0.25) is 4.79 Å². The summed E-state index contributed by atoms with van der Waals surface area (Å²) in [5.41, 5.74) is 2.68. The van der Waals surface area contributed by atoms with E-state index in [1.165, 1.54) is 20.2 Å². The largest absolute Gasteiger partial charge is 0.322 e. The molecule has 2 rings (SSSR count). The Balaban J connectivity index is 2.39. The first kappa shape index (κ1) is 19.1. The van der Waals surface area contributed by atoms with Crippen molar-refractivity contribution >= 4 is 21.6 Å². The van der Waals surface area contributed by atoms with Crippen LogP contribution in [0.5, 0.6) is 0 Å². The minimum atomic E-state index is -3.60. The zero-order chi connectivity index (χ0) is 18.8. The van der Waals surface area contributed by atoms with Crippen LogP contribution in [0.2, 0.25) is 0 Å². The number of sulfonamides is 1. The van der Waals surface area contributed by atoms with Crippen molar-refractivity contribution in [2.45, 2.75) is 31.6 Å². The summed E-state index contributed by atoms with van der Waals surface area (Å²) in [6, 6.07) is 12.3. The average Bonchev–Trinajstić information content (AvgIpc) is 2.55. The van der Waals surface area contributed by atoms with E-state index in [4.69, 9.17) is 0 Å². The number of nitrogens with one attached hydrogen (secondary N) is 1. The van der Waals surface area contributed by atoms with Crippen molar-refractivity contribution in [1.82, 2.24) is 4.31 Å². The maximum Gasteiger partial charge on any atom is 0.255 e. The van der Waals surface area contributed by atoms with Crippen molar-refractivity contribution < 1.29 is 13.2 Å².